The SMILES string of the molecule is CC(C)Cc1cc(C(=O)N2CCN(S(=O)(=O)c3ccc(F)cc3F)CC2)n[nH]1. The Balaban J connectivity index is 1.66. The van der Waals surface area contributed by atoms with Crippen LogP contribution in [0.2, 0.25) is 0 Å². The molecular formula is C18H22F2N4O3S. The average molecular weight is 412 g/mol. The van der Waals surface area contributed by atoms with Crippen molar-refractivity contribution in [3.8, 4) is 0 Å². The first-order valence-corrected chi connectivity index (χ1v) is 10.4. The zero-order valence-electron chi connectivity index (χ0n) is 15.7. The summed E-state index contributed by atoms with van der Waals surface area (Å²) >= 11 is 0. The molecular weight excluding hydrogens is 390 g/mol. The van der Waals surface area contributed by atoms with E-state index >= 15 is 0 Å². The highest BCUT2D eigenvalue weighted by Gasteiger charge is 2.32. The fourth-order valence-electron chi connectivity index (χ4n) is 3.13. The normalized spacial score (nSPS) is 16.0. The fraction of sp³-hybridized carbons (Fsp3) is 0.444. The van der Waals surface area contributed by atoms with Gasteiger partial charge in [0.25, 0.3) is 5.91 Å². The van der Waals surface area contributed by atoms with E-state index in [1.54, 1.807) is 6.07 Å². The number of piperazine rings is 1. The Hall–Kier alpha value is -2.33. The van der Waals surface area contributed by atoms with Crippen LogP contribution < -0.4 is 0 Å². The number of aromatic nitrogens is 2. The first-order chi connectivity index (χ1) is 13.2. The Labute approximate surface area is 162 Å². The van der Waals surface area contributed by atoms with Crippen molar-refractivity contribution < 1.29 is 22.0 Å². The van der Waals surface area contributed by atoms with Gasteiger partial charge in [-0.1, -0.05) is 13.8 Å². The molecule has 2 aromatic rings. The summed E-state index contributed by atoms with van der Waals surface area (Å²) in [6, 6.07) is 4.07. The summed E-state index contributed by atoms with van der Waals surface area (Å²) in [4.78, 5) is 13.5. The van der Waals surface area contributed by atoms with Gasteiger partial charge in [-0.3, -0.25) is 9.89 Å². The van der Waals surface area contributed by atoms with Crippen molar-refractivity contribution in [1.29, 1.82) is 0 Å². The molecule has 0 radical (unpaired) electrons. The van der Waals surface area contributed by atoms with E-state index in [9.17, 15) is 22.0 Å². The highest BCUT2D eigenvalue weighted by atomic mass is 32.2. The molecule has 0 atom stereocenters. The molecule has 1 aromatic heterocycles. The molecule has 1 aliphatic rings. The van der Waals surface area contributed by atoms with Crippen LogP contribution in [0.4, 0.5) is 8.78 Å². The Morgan fingerprint density at radius 2 is 1.86 bits per heavy atom. The lowest BCUT2D eigenvalue weighted by atomic mass is 10.1. The number of carbonyl (C=O) groups excluding carboxylic acids is 1. The number of nitrogens with one attached hydrogen (secondary N) is 1. The summed E-state index contributed by atoms with van der Waals surface area (Å²) in [5, 5.41) is 6.89. The van der Waals surface area contributed by atoms with E-state index in [1.165, 1.54) is 4.90 Å². The van der Waals surface area contributed by atoms with E-state index < -0.39 is 26.6 Å². The van der Waals surface area contributed by atoms with Crippen LogP contribution in [-0.2, 0) is 16.4 Å². The number of H-pyrrole nitrogens is 1. The van der Waals surface area contributed by atoms with Gasteiger partial charge in [0.15, 0.2) is 0 Å². The minimum atomic E-state index is -4.10. The van der Waals surface area contributed by atoms with Crippen molar-refractivity contribution in [3.63, 3.8) is 0 Å². The zero-order chi connectivity index (χ0) is 20.5. The van der Waals surface area contributed by atoms with Gasteiger partial charge in [0.2, 0.25) is 10.0 Å². The van der Waals surface area contributed by atoms with Crippen LogP contribution >= 0.6 is 0 Å². The second kappa shape index (κ2) is 7.96. The second-order valence-electron chi connectivity index (χ2n) is 7.15. The van der Waals surface area contributed by atoms with Crippen LogP contribution in [0.5, 0.6) is 0 Å². The van der Waals surface area contributed by atoms with Crippen molar-refractivity contribution in [3.05, 3.63) is 47.3 Å². The monoisotopic (exact) mass is 412 g/mol. The van der Waals surface area contributed by atoms with E-state index in [4.69, 9.17) is 0 Å². The maximum Gasteiger partial charge on any atom is 0.274 e. The lowest BCUT2D eigenvalue weighted by Gasteiger charge is -2.33. The van der Waals surface area contributed by atoms with Crippen LogP contribution in [0.15, 0.2) is 29.2 Å². The van der Waals surface area contributed by atoms with Gasteiger partial charge in [-0.15, -0.1) is 0 Å². The van der Waals surface area contributed by atoms with Gasteiger partial charge < -0.3 is 4.90 Å². The highest BCUT2D eigenvalue weighted by molar-refractivity contribution is 7.89. The lowest BCUT2D eigenvalue weighted by molar-refractivity contribution is 0.0691. The van der Waals surface area contributed by atoms with Crippen LogP contribution in [0.1, 0.15) is 30.0 Å². The summed E-state index contributed by atoms with van der Waals surface area (Å²) in [5.41, 5.74) is 1.16. The summed E-state index contributed by atoms with van der Waals surface area (Å²) < 4.78 is 53.3. The third kappa shape index (κ3) is 4.22. The Morgan fingerprint density at radius 3 is 2.46 bits per heavy atom. The van der Waals surface area contributed by atoms with E-state index in [-0.39, 0.29) is 37.8 Å². The minimum Gasteiger partial charge on any atom is -0.335 e. The fourth-order valence-corrected chi connectivity index (χ4v) is 4.60. The maximum atomic E-state index is 13.9. The average Bonchev–Trinajstić information content (AvgIpc) is 3.08. The van der Waals surface area contributed by atoms with Crippen molar-refractivity contribution >= 4 is 15.9 Å². The number of hydrogen-bond donors (Lipinski definition) is 1. The first kappa shape index (κ1) is 20.4. The van der Waals surface area contributed by atoms with Gasteiger partial charge in [-0.25, -0.2) is 17.2 Å². The minimum absolute atomic E-state index is 0.0220. The predicted molar refractivity (Wildman–Crippen MR) is 98.2 cm³/mol. The summed E-state index contributed by atoms with van der Waals surface area (Å²) in [6.07, 6.45) is 0.773. The number of halogens is 2. The van der Waals surface area contributed by atoms with Crippen molar-refractivity contribution in [1.82, 2.24) is 19.4 Å². The molecule has 2 heterocycles. The number of nitrogens with zero attached hydrogens (tertiary/aromatic N) is 3. The van der Waals surface area contributed by atoms with Crippen molar-refractivity contribution in [2.75, 3.05) is 26.2 Å². The molecule has 1 amide bonds. The molecule has 1 aromatic carbocycles. The maximum absolute atomic E-state index is 13.9. The number of benzene rings is 1. The van der Waals surface area contributed by atoms with Gasteiger partial charge >= 0.3 is 0 Å². The first-order valence-electron chi connectivity index (χ1n) is 8.97. The number of carbonyl (C=O) groups is 1. The summed E-state index contributed by atoms with van der Waals surface area (Å²) in [7, 11) is -4.10. The highest BCUT2D eigenvalue weighted by Crippen LogP contribution is 2.22. The van der Waals surface area contributed by atoms with Crippen LogP contribution in [-0.4, -0.2) is 59.9 Å². The third-order valence-electron chi connectivity index (χ3n) is 4.52. The predicted octanol–water partition coefficient (Wildman–Crippen LogP) is 2.03. The molecule has 0 spiro atoms. The topological polar surface area (TPSA) is 86.4 Å². The summed E-state index contributed by atoms with van der Waals surface area (Å²) in [6.45, 7) is 4.49. The third-order valence-corrected chi connectivity index (χ3v) is 6.45. The van der Waals surface area contributed by atoms with Crippen LogP contribution in [0.25, 0.3) is 0 Å². The van der Waals surface area contributed by atoms with Crippen LogP contribution in [0.3, 0.4) is 0 Å². The molecule has 0 bridgehead atoms. The molecule has 1 N–H and O–H groups in total. The molecule has 1 aliphatic heterocycles. The second-order valence-corrected chi connectivity index (χ2v) is 9.05. The zero-order valence-corrected chi connectivity index (χ0v) is 16.5. The largest absolute Gasteiger partial charge is 0.335 e. The molecule has 1 fully saturated rings. The number of amides is 1. The lowest BCUT2D eigenvalue weighted by Crippen LogP contribution is -2.50. The molecule has 1 saturated heterocycles. The molecule has 3 rings (SSSR count). The van der Waals surface area contributed by atoms with E-state index in [1.807, 2.05) is 0 Å². The van der Waals surface area contributed by atoms with Gasteiger partial charge in [0.05, 0.1) is 0 Å². The quantitative estimate of drug-likeness (QED) is 0.814. The summed E-state index contributed by atoms with van der Waals surface area (Å²) in [5.74, 6) is -1.84. The Bertz CT molecular complexity index is 967. The molecule has 0 saturated carbocycles. The van der Waals surface area contributed by atoms with Gasteiger partial charge in [-0.2, -0.15) is 9.40 Å². The van der Waals surface area contributed by atoms with Gasteiger partial charge in [0.1, 0.15) is 22.2 Å². The molecule has 0 aliphatic carbocycles. The van der Waals surface area contributed by atoms with Crippen LogP contribution in [0, 0.1) is 17.6 Å². The number of hydrogen-bond acceptors (Lipinski definition) is 4. The standard InChI is InChI=1S/C18H22F2N4O3S/c1-12(2)9-14-11-16(22-21-14)18(25)23-5-7-24(8-6-23)28(26,27)17-4-3-13(19)10-15(17)20/h3-4,10-12H,5-9H2,1-2H3,(H,21,22). The molecule has 0 unspecified atom stereocenters. The number of rotatable bonds is 5. The Kier molecular flexibility index (Phi) is 5.80. The van der Waals surface area contributed by atoms with E-state index in [0.717, 1.165) is 28.6 Å². The Morgan fingerprint density at radius 1 is 1.18 bits per heavy atom. The van der Waals surface area contributed by atoms with E-state index in [2.05, 4.69) is 24.0 Å². The molecule has 7 nitrogen and oxygen atoms in total. The smallest absolute Gasteiger partial charge is 0.274 e. The van der Waals surface area contributed by atoms with Crippen molar-refractivity contribution in [2.24, 2.45) is 5.92 Å². The van der Waals surface area contributed by atoms with Crippen molar-refractivity contribution in [2.45, 2.75) is 25.2 Å². The van der Waals surface area contributed by atoms with Gasteiger partial charge in [0, 0.05) is 37.9 Å². The molecule has 10 heteroatoms. The number of sulfonamides is 1. The van der Waals surface area contributed by atoms with E-state index in [0.29, 0.717) is 12.0 Å². The molecule has 152 valence electrons. The molecule has 28 heavy (non-hydrogen) atoms. The number of aromatic amines is 1. The van der Waals surface area contributed by atoms with Gasteiger partial charge in [-0.05, 0) is 30.5 Å².